The third kappa shape index (κ3) is 2.88. The van der Waals surface area contributed by atoms with Crippen LogP contribution in [0.5, 0.6) is 0 Å². The summed E-state index contributed by atoms with van der Waals surface area (Å²) < 4.78 is 4.99. The molecule has 4 rings (SSSR count). The van der Waals surface area contributed by atoms with Gasteiger partial charge >= 0.3 is 5.97 Å². The van der Waals surface area contributed by atoms with Gasteiger partial charge in [-0.15, -0.1) is 11.3 Å². The van der Waals surface area contributed by atoms with E-state index in [1.54, 1.807) is 19.9 Å². The number of allylic oxidation sites excluding steroid dienone is 2. The molecule has 1 aromatic rings. The maximum absolute atomic E-state index is 12.6. The molecule has 27 heavy (non-hydrogen) atoms. The number of aryl methyl sites for hydroxylation is 1. The number of fused-ring (bicyclic) bond motifs is 5. The van der Waals surface area contributed by atoms with Gasteiger partial charge in [0.05, 0.1) is 23.4 Å². The summed E-state index contributed by atoms with van der Waals surface area (Å²) in [5, 5.41) is 3.17. The molecule has 1 saturated carbocycles. The number of amides is 3. The molecule has 1 N–H and O–H groups in total. The average molecular weight is 388 g/mol. The lowest BCUT2D eigenvalue weighted by Crippen LogP contribution is -2.39. The predicted octanol–water partition coefficient (Wildman–Crippen LogP) is 1.98. The molecule has 3 aliphatic rings. The number of rotatable bonds is 5. The number of likely N-dealkylation sites (tertiary alicyclic amines) is 1. The molecule has 8 heteroatoms. The first kappa shape index (κ1) is 17.9. The Morgan fingerprint density at radius 3 is 2.44 bits per heavy atom. The van der Waals surface area contributed by atoms with E-state index in [1.807, 2.05) is 12.2 Å². The van der Waals surface area contributed by atoms with E-state index in [2.05, 4.69) is 5.32 Å². The van der Waals surface area contributed by atoms with Crippen molar-refractivity contribution < 1.29 is 23.9 Å². The molecule has 0 unspecified atom stereocenters. The summed E-state index contributed by atoms with van der Waals surface area (Å²) in [5.41, 5.74) is 0.708. The highest BCUT2D eigenvalue weighted by atomic mass is 32.1. The molecular formula is C19H20N2O5S. The second-order valence-electron chi connectivity index (χ2n) is 7.15. The largest absolute Gasteiger partial charge is 0.462 e. The fourth-order valence-electron chi connectivity index (χ4n) is 4.38. The number of carbonyl (C=O) groups is 4. The molecule has 2 fully saturated rings. The molecule has 0 radical (unpaired) electrons. The fraction of sp³-hybridized carbons (Fsp3) is 0.474. The normalized spacial score (nSPS) is 28.0. The standard InChI is InChI=1S/C19H20N2O5S/c1-3-26-19(25)16-9(2)6-13(27-16)20-12(22)8-21-17(23)14-10-4-5-11(7-10)15(14)18(21)24/h4-6,10-11,14-15H,3,7-8H2,1-2H3,(H,20,22)/t10-,11+,14-,15-/m0/s1. The van der Waals surface area contributed by atoms with E-state index in [1.165, 1.54) is 0 Å². The Bertz CT molecular complexity index is 843. The van der Waals surface area contributed by atoms with Crippen molar-refractivity contribution >= 4 is 40.0 Å². The zero-order chi connectivity index (χ0) is 19.3. The number of anilines is 1. The van der Waals surface area contributed by atoms with Crippen molar-refractivity contribution in [3.05, 3.63) is 28.7 Å². The third-order valence-electron chi connectivity index (χ3n) is 5.50. The lowest BCUT2D eigenvalue weighted by Gasteiger charge is -2.16. The number of hydrogen-bond acceptors (Lipinski definition) is 6. The van der Waals surface area contributed by atoms with E-state index in [0.29, 0.717) is 15.4 Å². The first-order valence-electron chi connectivity index (χ1n) is 9.01. The van der Waals surface area contributed by atoms with Gasteiger partial charge in [0.2, 0.25) is 17.7 Å². The second-order valence-corrected chi connectivity index (χ2v) is 8.21. The molecule has 4 atom stereocenters. The minimum atomic E-state index is -0.450. The van der Waals surface area contributed by atoms with Gasteiger partial charge in [-0.2, -0.15) is 0 Å². The topological polar surface area (TPSA) is 92.8 Å². The molecular weight excluding hydrogens is 368 g/mol. The number of nitrogens with zero attached hydrogens (tertiary/aromatic N) is 1. The van der Waals surface area contributed by atoms with Gasteiger partial charge in [-0.25, -0.2) is 4.79 Å². The summed E-state index contributed by atoms with van der Waals surface area (Å²) in [6.45, 7) is 3.46. The second kappa shape index (κ2) is 6.60. The number of ether oxygens (including phenoxy) is 1. The van der Waals surface area contributed by atoms with Crippen LogP contribution in [-0.4, -0.2) is 41.7 Å². The van der Waals surface area contributed by atoms with E-state index in [0.717, 1.165) is 22.7 Å². The number of esters is 1. The van der Waals surface area contributed by atoms with Crippen LogP contribution in [0.1, 0.15) is 28.6 Å². The summed E-state index contributed by atoms with van der Waals surface area (Å²) in [6.07, 6.45) is 4.90. The fourth-order valence-corrected chi connectivity index (χ4v) is 5.37. The maximum atomic E-state index is 12.6. The van der Waals surface area contributed by atoms with Crippen LogP contribution in [0, 0.1) is 30.6 Å². The van der Waals surface area contributed by atoms with Crippen molar-refractivity contribution in [2.75, 3.05) is 18.5 Å². The predicted molar refractivity (Wildman–Crippen MR) is 98.1 cm³/mol. The Labute approximate surface area is 160 Å². The van der Waals surface area contributed by atoms with Gasteiger partial charge in [-0.3, -0.25) is 19.3 Å². The highest BCUT2D eigenvalue weighted by Gasteiger charge is 2.59. The first-order chi connectivity index (χ1) is 12.9. The molecule has 1 aliphatic heterocycles. The average Bonchev–Trinajstić information content (AvgIpc) is 3.36. The van der Waals surface area contributed by atoms with E-state index in [-0.39, 0.29) is 48.6 Å². The molecule has 0 aromatic carbocycles. The van der Waals surface area contributed by atoms with Crippen molar-refractivity contribution in [3.8, 4) is 0 Å². The first-order valence-corrected chi connectivity index (χ1v) is 9.83. The monoisotopic (exact) mass is 388 g/mol. The van der Waals surface area contributed by atoms with Gasteiger partial charge in [0.1, 0.15) is 11.4 Å². The highest BCUT2D eigenvalue weighted by Crippen LogP contribution is 2.52. The summed E-state index contributed by atoms with van der Waals surface area (Å²) in [4.78, 5) is 51.0. The van der Waals surface area contributed by atoms with Gasteiger partial charge in [0.15, 0.2) is 0 Å². The third-order valence-corrected chi connectivity index (χ3v) is 6.64. The lowest BCUT2D eigenvalue weighted by molar-refractivity contribution is -0.143. The number of nitrogens with one attached hydrogen (secondary N) is 1. The van der Waals surface area contributed by atoms with Crippen molar-refractivity contribution in [3.63, 3.8) is 0 Å². The minimum Gasteiger partial charge on any atom is -0.462 e. The van der Waals surface area contributed by atoms with Crippen LogP contribution >= 0.6 is 11.3 Å². The molecule has 7 nitrogen and oxygen atoms in total. The van der Waals surface area contributed by atoms with Crippen LogP contribution in [0.3, 0.4) is 0 Å². The number of hydrogen-bond donors (Lipinski definition) is 1. The van der Waals surface area contributed by atoms with Crippen LogP contribution < -0.4 is 5.32 Å². The Hall–Kier alpha value is -2.48. The quantitative estimate of drug-likeness (QED) is 0.473. The molecule has 2 bridgehead atoms. The van der Waals surface area contributed by atoms with Crippen LogP contribution in [-0.2, 0) is 19.1 Å². The molecule has 1 aromatic heterocycles. The summed E-state index contributed by atoms with van der Waals surface area (Å²) in [6, 6.07) is 1.68. The van der Waals surface area contributed by atoms with Crippen molar-refractivity contribution in [1.29, 1.82) is 0 Å². The van der Waals surface area contributed by atoms with Crippen LogP contribution in [0.25, 0.3) is 0 Å². The smallest absolute Gasteiger partial charge is 0.348 e. The Kier molecular flexibility index (Phi) is 4.38. The lowest BCUT2D eigenvalue weighted by atomic mass is 9.85. The molecule has 3 amide bonds. The maximum Gasteiger partial charge on any atom is 0.348 e. The summed E-state index contributed by atoms with van der Waals surface area (Å²) in [5.74, 6) is -1.74. The van der Waals surface area contributed by atoms with Crippen molar-refractivity contribution in [2.45, 2.75) is 20.3 Å². The highest BCUT2D eigenvalue weighted by molar-refractivity contribution is 7.18. The van der Waals surface area contributed by atoms with Crippen molar-refractivity contribution in [1.82, 2.24) is 4.90 Å². The summed E-state index contributed by atoms with van der Waals surface area (Å²) >= 11 is 1.12. The molecule has 1 saturated heterocycles. The van der Waals surface area contributed by atoms with E-state index < -0.39 is 11.9 Å². The van der Waals surface area contributed by atoms with Gasteiger partial charge in [-0.1, -0.05) is 12.2 Å². The van der Waals surface area contributed by atoms with Gasteiger partial charge < -0.3 is 10.1 Å². The van der Waals surface area contributed by atoms with Crippen LogP contribution in [0.15, 0.2) is 18.2 Å². The molecule has 2 aliphatic carbocycles. The van der Waals surface area contributed by atoms with Gasteiger partial charge in [0, 0.05) is 0 Å². The minimum absolute atomic E-state index is 0.122. The molecule has 142 valence electrons. The van der Waals surface area contributed by atoms with Gasteiger partial charge in [-0.05, 0) is 43.7 Å². The van der Waals surface area contributed by atoms with Crippen molar-refractivity contribution in [2.24, 2.45) is 23.7 Å². The number of imide groups is 1. The van der Waals surface area contributed by atoms with E-state index >= 15 is 0 Å². The Morgan fingerprint density at radius 2 is 1.85 bits per heavy atom. The number of carbonyl (C=O) groups excluding carboxylic acids is 4. The van der Waals surface area contributed by atoms with E-state index in [4.69, 9.17) is 4.74 Å². The summed E-state index contributed by atoms with van der Waals surface area (Å²) in [7, 11) is 0. The molecule has 0 spiro atoms. The Balaban J connectivity index is 1.42. The Morgan fingerprint density at radius 1 is 1.22 bits per heavy atom. The number of thiophene rings is 1. The van der Waals surface area contributed by atoms with Crippen LogP contribution in [0.4, 0.5) is 5.00 Å². The zero-order valence-corrected chi connectivity index (χ0v) is 15.9. The molecule has 2 heterocycles. The van der Waals surface area contributed by atoms with E-state index in [9.17, 15) is 19.2 Å². The van der Waals surface area contributed by atoms with Gasteiger partial charge in [0.25, 0.3) is 0 Å². The van der Waals surface area contributed by atoms with Crippen LogP contribution in [0.2, 0.25) is 0 Å². The zero-order valence-electron chi connectivity index (χ0n) is 15.1. The SMILES string of the molecule is CCOC(=O)c1sc(NC(=O)CN2C(=O)[C@@H]3[C@@H](C2=O)[C@H]2C=C[C@@H]3C2)cc1C.